The fraction of sp³-hybridized carbons (Fsp3) is 0.136. The Morgan fingerprint density at radius 3 is 2.79 bits per heavy atom. The van der Waals surface area contributed by atoms with Crippen LogP contribution in [0.1, 0.15) is 21.6 Å². The van der Waals surface area contributed by atoms with Crippen LogP contribution < -0.4 is 5.56 Å². The summed E-state index contributed by atoms with van der Waals surface area (Å²) in [4.78, 5) is 29.2. The second-order valence-electron chi connectivity index (χ2n) is 6.95. The third-order valence-electron chi connectivity index (χ3n) is 5.31. The average Bonchev–Trinajstić information content (AvgIpc) is 3.16. The van der Waals surface area contributed by atoms with E-state index >= 15 is 0 Å². The van der Waals surface area contributed by atoms with Gasteiger partial charge in [-0.1, -0.05) is 42.5 Å². The van der Waals surface area contributed by atoms with E-state index in [-0.39, 0.29) is 17.0 Å². The zero-order valence-electron chi connectivity index (χ0n) is 15.1. The minimum absolute atomic E-state index is 0.168. The largest absolute Gasteiger partial charge is 0.334 e. The van der Waals surface area contributed by atoms with Crippen molar-refractivity contribution in [3.05, 3.63) is 88.0 Å². The number of hydrogen-bond donors (Lipinski definition) is 2. The number of pyridine rings is 1. The third kappa shape index (κ3) is 2.62. The Morgan fingerprint density at radius 2 is 1.89 bits per heavy atom. The van der Waals surface area contributed by atoms with E-state index in [4.69, 9.17) is 0 Å². The summed E-state index contributed by atoms with van der Waals surface area (Å²) < 4.78 is 0. The molecule has 1 aliphatic rings. The van der Waals surface area contributed by atoms with Gasteiger partial charge >= 0.3 is 0 Å². The van der Waals surface area contributed by atoms with Crippen LogP contribution in [0.15, 0.2) is 65.6 Å². The molecular formula is C22H18N4O2. The first-order valence-electron chi connectivity index (χ1n) is 9.23. The van der Waals surface area contributed by atoms with Gasteiger partial charge in [-0.15, -0.1) is 0 Å². The quantitative estimate of drug-likeness (QED) is 0.569. The molecule has 2 aromatic carbocycles. The number of amides is 1. The van der Waals surface area contributed by atoms with Crippen molar-refractivity contribution in [1.82, 2.24) is 20.1 Å². The molecule has 6 heteroatoms. The molecule has 6 nitrogen and oxygen atoms in total. The normalized spacial score (nSPS) is 13.5. The van der Waals surface area contributed by atoms with E-state index in [0.29, 0.717) is 19.5 Å². The third-order valence-corrected chi connectivity index (χ3v) is 5.31. The smallest absolute Gasteiger partial charge is 0.260 e. The van der Waals surface area contributed by atoms with Crippen molar-refractivity contribution in [3.8, 4) is 11.3 Å². The molecule has 0 atom stereocenters. The molecule has 0 bridgehead atoms. The molecule has 1 amide bonds. The second kappa shape index (κ2) is 6.49. The number of rotatable bonds is 2. The van der Waals surface area contributed by atoms with E-state index in [1.54, 1.807) is 17.0 Å². The van der Waals surface area contributed by atoms with Gasteiger partial charge in [-0.05, 0) is 22.9 Å². The van der Waals surface area contributed by atoms with Crippen molar-refractivity contribution in [1.29, 1.82) is 0 Å². The number of fused-ring (bicyclic) bond motifs is 2. The molecule has 0 radical (unpaired) electrons. The van der Waals surface area contributed by atoms with E-state index in [1.165, 1.54) is 6.20 Å². The Bertz CT molecular complexity index is 1250. The van der Waals surface area contributed by atoms with Gasteiger partial charge in [-0.3, -0.25) is 14.7 Å². The van der Waals surface area contributed by atoms with Gasteiger partial charge in [0.25, 0.3) is 11.5 Å². The van der Waals surface area contributed by atoms with E-state index in [1.807, 2.05) is 18.2 Å². The summed E-state index contributed by atoms with van der Waals surface area (Å²) in [6.07, 6.45) is 2.21. The molecule has 0 saturated heterocycles. The number of carbonyl (C=O) groups excluding carboxylic acids is 1. The van der Waals surface area contributed by atoms with Gasteiger partial charge in [0.15, 0.2) is 0 Å². The molecule has 28 heavy (non-hydrogen) atoms. The van der Waals surface area contributed by atoms with Crippen LogP contribution >= 0.6 is 0 Å². The Balaban J connectivity index is 1.55. The maximum atomic E-state index is 12.9. The fourth-order valence-electron chi connectivity index (χ4n) is 3.88. The maximum absolute atomic E-state index is 12.9. The lowest BCUT2D eigenvalue weighted by molar-refractivity contribution is 0.0733. The van der Waals surface area contributed by atoms with Crippen molar-refractivity contribution in [2.24, 2.45) is 0 Å². The number of aromatic nitrogens is 3. The van der Waals surface area contributed by atoms with E-state index in [9.17, 15) is 9.59 Å². The maximum Gasteiger partial charge on any atom is 0.260 e. The number of benzene rings is 2. The van der Waals surface area contributed by atoms with Gasteiger partial charge in [-0.25, -0.2) is 0 Å². The first-order valence-corrected chi connectivity index (χ1v) is 9.23. The Kier molecular flexibility index (Phi) is 3.83. The Labute approximate surface area is 160 Å². The van der Waals surface area contributed by atoms with Crippen molar-refractivity contribution in [2.75, 3.05) is 6.54 Å². The molecule has 0 unspecified atom stereocenters. The number of carbonyl (C=O) groups is 1. The zero-order valence-corrected chi connectivity index (χ0v) is 15.1. The van der Waals surface area contributed by atoms with Crippen molar-refractivity contribution < 1.29 is 4.79 Å². The Morgan fingerprint density at radius 1 is 1.04 bits per heavy atom. The van der Waals surface area contributed by atoms with Gasteiger partial charge < -0.3 is 9.88 Å². The minimum Gasteiger partial charge on any atom is -0.334 e. The molecule has 0 fully saturated rings. The standard InChI is InChI=1S/C22H18N4O2/c27-21-17(9-4-11-23-21)22(28)26-12-10-19-18(13-26)20(25-24-19)16-8-3-6-14-5-1-2-7-15(14)16/h1-9,11H,10,12-13H2,(H,23,27)(H,24,25). The first kappa shape index (κ1) is 16.5. The SMILES string of the molecule is O=C(c1ccc[nH]c1=O)N1CCc2[nH]nc(-c3cccc4ccccc34)c2C1. The van der Waals surface area contributed by atoms with Crippen LogP contribution in [0.3, 0.4) is 0 Å². The zero-order chi connectivity index (χ0) is 19.1. The van der Waals surface area contributed by atoms with Gasteiger partial charge in [0, 0.05) is 42.5 Å². The van der Waals surface area contributed by atoms with Crippen LogP contribution in [0.2, 0.25) is 0 Å². The van der Waals surface area contributed by atoms with E-state index < -0.39 is 0 Å². The highest BCUT2D eigenvalue weighted by Gasteiger charge is 2.27. The summed E-state index contributed by atoms with van der Waals surface area (Å²) in [6.45, 7) is 0.981. The number of nitrogens with zero attached hydrogens (tertiary/aromatic N) is 2. The number of aromatic amines is 2. The molecule has 0 spiro atoms. The van der Waals surface area contributed by atoms with Crippen LogP contribution in [-0.2, 0) is 13.0 Å². The monoisotopic (exact) mass is 370 g/mol. The topological polar surface area (TPSA) is 81.9 Å². The summed E-state index contributed by atoms with van der Waals surface area (Å²) >= 11 is 0. The molecule has 0 aliphatic carbocycles. The van der Waals surface area contributed by atoms with Gasteiger partial charge in [0.1, 0.15) is 5.56 Å². The van der Waals surface area contributed by atoms with E-state index in [2.05, 4.69) is 39.4 Å². The molecule has 0 saturated carbocycles. The summed E-state index contributed by atoms with van der Waals surface area (Å²) in [5, 5.41) is 9.99. The molecule has 2 aromatic heterocycles. The molecule has 3 heterocycles. The number of hydrogen-bond acceptors (Lipinski definition) is 3. The fourth-order valence-corrected chi connectivity index (χ4v) is 3.88. The Hall–Kier alpha value is -3.67. The van der Waals surface area contributed by atoms with Crippen LogP contribution in [-0.4, -0.2) is 32.5 Å². The molecule has 4 aromatic rings. The lowest BCUT2D eigenvalue weighted by Crippen LogP contribution is -2.38. The minimum atomic E-state index is -0.361. The summed E-state index contributed by atoms with van der Waals surface area (Å²) in [7, 11) is 0. The van der Waals surface area contributed by atoms with Crippen LogP contribution in [0.4, 0.5) is 0 Å². The van der Waals surface area contributed by atoms with Gasteiger partial charge in [-0.2, -0.15) is 5.10 Å². The summed E-state index contributed by atoms with van der Waals surface area (Å²) in [5.74, 6) is -0.252. The molecular weight excluding hydrogens is 352 g/mol. The highest BCUT2D eigenvalue weighted by Crippen LogP contribution is 2.33. The lowest BCUT2D eigenvalue weighted by Gasteiger charge is -2.27. The van der Waals surface area contributed by atoms with Gasteiger partial charge in [0.05, 0.1) is 5.69 Å². The van der Waals surface area contributed by atoms with Crippen LogP contribution in [0.5, 0.6) is 0 Å². The second-order valence-corrected chi connectivity index (χ2v) is 6.95. The highest BCUT2D eigenvalue weighted by molar-refractivity contribution is 5.97. The molecule has 1 aliphatic heterocycles. The average molecular weight is 370 g/mol. The van der Waals surface area contributed by atoms with Crippen LogP contribution in [0, 0.1) is 0 Å². The van der Waals surface area contributed by atoms with Gasteiger partial charge in [0.2, 0.25) is 0 Å². The molecule has 5 rings (SSSR count). The number of nitrogens with one attached hydrogen (secondary N) is 2. The van der Waals surface area contributed by atoms with Crippen molar-refractivity contribution in [2.45, 2.75) is 13.0 Å². The van der Waals surface area contributed by atoms with E-state index in [0.717, 1.165) is 33.3 Å². The molecule has 2 N–H and O–H groups in total. The van der Waals surface area contributed by atoms with Crippen molar-refractivity contribution >= 4 is 16.7 Å². The van der Waals surface area contributed by atoms with Crippen molar-refractivity contribution in [3.63, 3.8) is 0 Å². The predicted molar refractivity (Wildman–Crippen MR) is 107 cm³/mol. The summed E-state index contributed by atoms with van der Waals surface area (Å²) in [5.41, 5.74) is 3.78. The summed E-state index contributed by atoms with van der Waals surface area (Å²) in [6, 6.07) is 17.6. The molecule has 138 valence electrons. The first-order chi connectivity index (χ1) is 13.7. The predicted octanol–water partition coefficient (Wildman–Crippen LogP) is 3.12. The highest BCUT2D eigenvalue weighted by atomic mass is 16.2. The van der Waals surface area contributed by atoms with Crippen LogP contribution in [0.25, 0.3) is 22.0 Å². The number of H-pyrrole nitrogens is 2. The lowest BCUT2D eigenvalue weighted by atomic mass is 9.96.